The van der Waals surface area contributed by atoms with Gasteiger partial charge in [-0.3, -0.25) is 0 Å². The molecule has 0 atom stereocenters. The largest absolute Gasteiger partial charge is 0.217 e. The van der Waals surface area contributed by atoms with Crippen molar-refractivity contribution in [2.24, 2.45) is 0 Å². The molecule has 0 amide bonds. The van der Waals surface area contributed by atoms with E-state index in [1.807, 2.05) is 0 Å². The van der Waals surface area contributed by atoms with Crippen LogP contribution >= 0.6 is 50.7 Å². The SMILES string of the molecule is ClCCc1cn(-c2c(Cl)cc(Br)cc2Cl)nn1. The van der Waals surface area contributed by atoms with Crippen molar-refractivity contribution in [1.29, 1.82) is 0 Å². The second-order valence-corrected chi connectivity index (χ2v) is 5.42. The van der Waals surface area contributed by atoms with Crippen molar-refractivity contribution >= 4 is 50.7 Å². The second kappa shape index (κ2) is 5.57. The van der Waals surface area contributed by atoms with Crippen LogP contribution < -0.4 is 0 Å². The van der Waals surface area contributed by atoms with Crippen molar-refractivity contribution in [2.45, 2.75) is 6.42 Å². The van der Waals surface area contributed by atoms with Crippen LogP contribution in [0.3, 0.4) is 0 Å². The number of nitrogens with zero attached hydrogens (tertiary/aromatic N) is 3. The van der Waals surface area contributed by atoms with Crippen molar-refractivity contribution in [1.82, 2.24) is 15.0 Å². The van der Waals surface area contributed by atoms with Gasteiger partial charge in [0.05, 0.1) is 21.9 Å². The molecule has 0 radical (unpaired) electrons. The number of halogens is 4. The Bertz CT molecular complexity index is 518. The highest BCUT2D eigenvalue weighted by Crippen LogP contribution is 2.31. The Kier molecular flexibility index (Phi) is 4.31. The van der Waals surface area contributed by atoms with Crippen LogP contribution in [0.2, 0.25) is 10.0 Å². The minimum atomic E-state index is 0.500. The zero-order chi connectivity index (χ0) is 12.4. The predicted molar refractivity (Wildman–Crippen MR) is 73.5 cm³/mol. The van der Waals surface area contributed by atoms with Crippen LogP contribution in [-0.4, -0.2) is 20.9 Å². The first-order valence-corrected chi connectivity index (χ1v) is 6.82. The van der Waals surface area contributed by atoms with E-state index in [-0.39, 0.29) is 0 Å². The number of hydrogen-bond acceptors (Lipinski definition) is 2. The van der Waals surface area contributed by atoms with E-state index < -0.39 is 0 Å². The van der Waals surface area contributed by atoms with Gasteiger partial charge in [-0.2, -0.15) is 0 Å². The number of benzene rings is 1. The highest BCUT2D eigenvalue weighted by Gasteiger charge is 2.11. The lowest BCUT2D eigenvalue weighted by molar-refractivity contribution is 0.798. The van der Waals surface area contributed by atoms with E-state index in [0.29, 0.717) is 28.0 Å². The van der Waals surface area contributed by atoms with Crippen LogP contribution in [0.4, 0.5) is 0 Å². The number of aromatic nitrogens is 3. The third-order valence-corrected chi connectivity index (χ3v) is 3.33. The molecular formula is C10H7BrCl3N3. The molecule has 0 saturated carbocycles. The first kappa shape index (κ1) is 13.1. The fourth-order valence-electron chi connectivity index (χ4n) is 1.37. The Morgan fingerprint density at radius 2 is 1.88 bits per heavy atom. The normalized spacial score (nSPS) is 10.8. The van der Waals surface area contributed by atoms with Gasteiger partial charge < -0.3 is 0 Å². The third kappa shape index (κ3) is 2.94. The van der Waals surface area contributed by atoms with E-state index in [4.69, 9.17) is 34.8 Å². The van der Waals surface area contributed by atoms with Gasteiger partial charge in [0.1, 0.15) is 5.69 Å². The summed E-state index contributed by atoms with van der Waals surface area (Å²) in [7, 11) is 0. The number of rotatable bonds is 3. The summed E-state index contributed by atoms with van der Waals surface area (Å²) in [5.74, 6) is 0.500. The second-order valence-electron chi connectivity index (χ2n) is 3.31. The zero-order valence-electron chi connectivity index (χ0n) is 8.50. The van der Waals surface area contributed by atoms with Crippen molar-refractivity contribution < 1.29 is 0 Å². The summed E-state index contributed by atoms with van der Waals surface area (Å²) in [4.78, 5) is 0. The van der Waals surface area contributed by atoms with E-state index >= 15 is 0 Å². The first-order chi connectivity index (χ1) is 8.11. The predicted octanol–water partition coefficient (Wildman–Crippen LogP) is 4.12. The van der Waals surface area contributed by atoms with Crippen LogP contribution in [0.5, 0.6) is 0 Å². The molecule has 7 heteroatoms. The minimum Gasteiger partial charge on any atom is -0.217 e. The molecule has 1 aromatic carbocycles. The van der Waals surface area contributed by atoms with Crippen molar-refractivity contribution in [3.05, 3.63) is 38.5 Å². The molecule has 0 saturated heterocycles. The molecule has 0 aliphatic heterocycles. The van der Waals surface area contributed by atoms with Gasteiger partial charge in [0.15, 0.2) is 0 Å². The van der Waals surface area contributed by atoms with Crippen LogP contribution in [-0.2, 0) is 6.42 Å². The molecule has 2 rings (SSSR count). The monoisotopic (exact) mass is 353 g/mol. The van der Waals surface area contributed by atoms with Gasteiger partial charge in [-0.05, 0) is 12.1 Å². The van der Waals surface area contributed by atoms with Crippen LogP contribution in [0, 0.1) is 0 Å². The highest BCUT2D eigenvalue weighted by atomic mass is 79.9. The lowest BCUT2D eigenvalue weighted by atomic mass is 10.3. The molecule has 1 aromatic heterocycles. The molecule has 3 nitrogen and oxygen atoms in total. The van der Waals surface area contributed by atoms with Gasteiger partial charge in [-0.15, -0.1) is 16.7 Å². The molecule has 1 heterocycles. The number of aryl methyl sites for hydroxylation is 1. The van der Waals surface area contributed by atoms with Gasteiger partial charge in [-0.1, -0.05) is 44.3 Å². The van der Waals surface area contributed by atoms with E-state index in [1.54, 1.807) is 23.0 Å². The zero-order valence-corrected chi connectivity index (χ0v) is 12.4. The summed E-state index contributed by atoms with van der Waals surface area (Å²) >= 11 is 21.2. The summed E-state index contributed by atoms with van der Waals surface area (Å²) in [5.41, 5.74) is 1.42. The number of alkyl halides is 1. The van der Waals surface area contributed by atoms with Gasteiger partial charge in [0.2, 0.25) is 0 Å². The van der Waals surface area contributed by atoms with Gasteiger partial charge >= 0.3 is 0 Å². The van der Waals surface area contributed by atoms with E-state index in [9.17, 15) is 0 Å². The standard InChI is InChI=1S/C10H7BrCl3N3/c11-6-3-8(13)10(9(14)4-6)17-5-7(1-2-12)15-16-17/h3-5H,1-2H2. The van der Waals surface area contributed by atoms with Crippen LogP contribution in [0.25, 0.3) is 5.69 Å². The Hall–Kier alpha value is -0.290. The van der Waals surface area contributed by atoms with Crippen molar-refractivity contribution in [3.8, 4) is 5.69 Å². The molecule has 2 aromatic rings. The maximum absolute atomic E-state index is 6.13. The molecule has 0 spiro atoms. The van der Waals surface area contributed by atoms with Crippen LogP contribution in [0.15, 0.2) is 22.8 Å². The fraction of sp³-hybridized carbons (Fsp3) is 0.200. The highest BCUT2D eigenvalue weighted by molar-refractivity contribution is 9.10. The van der Waals surface area contributed by atoms with E-state index in [2.05, 4.69) is 26.2 Å². The van der Waals surface area contributed by atoms with Crippen LogP contribution in [0.1, 0.15) is 5.69 Å². The molecule has 0 aliphatic rings. The average molecular weight is 355 g/mol. The molecular weight excluding hydrogens is 348 g/mol. The molecule has 90 valence electrons. The molecule has 0 N–H and O–H groups in total. The third-order valence-electron chi connectivity index (χ3n) is 2.10. The molecule has 0 unspecified atom stereocenters. The minimum absolute atomic E-state index is 0.500. The summed E-state index contributed by atoms with van der Waals surface area (Å²) in [6, 6.07) is 3.51. The molecule has 0 aliphatic carbocycles. The Labute approximate surface area is 122 Å². The topological polar surface area (TPSA) is 30.7 Å². The Balaban J connectivity index is 2.45. The summed E-state index contributed by atoms with van der Waals surface area (Å²) < 4.78 is 2.37. The summed E-state index contributed by atoms with van der Waals surface area (Å²) in [6.07, 6.45) is 2.43. The summed E-state index contributed by atoms with van der Waals surface area (Å²) in [5, 5.41) is 8.98. The molecule has 17 heavy (non-hydrogen) atoms. The van der Waals surface area contributed by atoms with Crippen molar-refractivity contribution in [2.75, 3.05) is 5.88 Å². The van der Waals surface area contributed by atoms with Gasteiger partial charge in [0, 0.05) is 16.8 Å². The lowest BCUT2D eigenvalue weighted by Crippen LogP contribution is -1.97. The van der Waals surface area contributed by atoms with Gasteiger partial charge in [0.25, 0.3) is 0 Å². The number of hydrogen-bond donors (Lipinski definition) is 0. The fourth-order valence-corrected chi connectivity index (χ4v) is 2.95. The smallest absolute Gasteiger partial charge is 0.104 e. The maximum Gasteiger partial charge on any atom is 0.104 e. The Morgan fingerprint density at radius 1 is 1.24 bits per heavy atom. The quantitative estimate of drug-likeness (QED) is 0.776. The van der Waals surface area contributed by atoms with E-state index in [0.717, 1.165) is 10.2 Å². The van der Waals surface area contributed by atoms with Gasteiger partial charge in [-0.25, -0.2) is 4.68 Å². The maximum atomic E-state index is 6.13. The average Bonchev–Trinajstić information content (AvgIpc) is 2.65. The first-order valence-electron chi connectivity index (χ1n) is 4.74. The summed E-state index contributed by atoms with van der Waals surface area (Å²) in [6.45, 7) is 0. The van der Waals surface area contributed by atoms with E-state index in [1.165, 1.54) is 0 Å². The molecule has 0 bridgehead atoms. The lowest BCUT2D eigenvalue weighted by Gasteiger charge is -2.06. The Morgan fingerprint density at radius 3 is 2.47 bits per heavy atom. The van der Waals surface area contributed by atoms with Crippen molar-refractivity contribution in [3.63, 3.8) is 0 Å². The molecule has 0 fully saturated rings.